The minimum atomic E-state index is -0.454. The second kappa shape index (κ2) is 5.46. The summed E-state index contributed by atoms with van der Waals surface area (Å²) >= 11 is 0. The monoisotopic (exact) mass is 277 g/mol. The van der Waals surface area contributed by atoms with E-state index >= 15 is 0 Å². The summed E-state index contributed by atoms with van der Waals surface area (Å²) in [5.74, 6) is 0.571. The standard InChI is InChI=1S/C13H15N3O4/c17-16(18)10-2-1-3-11-12(10)15-13(20-11)14-6-4-9-5-7-19-8-9/h1-3,9H,4-8H2,(H,14,15). The molecule has 0 bridgehead atoms. The van der Waals surface area contributed by atoms with Crippen LogP contribution in [0.25, 0.3) is 11.1 Å². The van der Waals surface area contributed by atoms with E-state index in [4.69, 9.17) is 9.15 Å². The van der Waals surface area contributed by atoms with E-state index < -0.39 is 4.92 Å². The second-order valence-corrected chi connectivity index (χ2v) is 4.85. The predicted octanol–water partition coefficient (Wildman–Crippen LogP) is 2.57. The lowest BCUT2D eigenvalue weighted by molar-refractivity contribution is -0.383. The third-order valence-electron chi connectivity index (χ3n) is 3.45. The van der Waals surface area contributed by atoms with Gasteiger partial charge in [0.1, 0.15) is 0 Å². The molecule has 7 heteroatoms. The second-order valence-electron chi connectivity index (χ2n) is 4.85. The van der Waals surface area contributed by atoms with Crippen LogP contribution < -0.4 is 5.32 Å². The molecule has 0 radical (unpaired) electrons. The van der Waals surface area contributed by atoms with Crippen LogP contribution in [0.2, 0.25) is 0 Å². The van der Waals surface area contributed by atoms with Gasteiger partial charge in [0, 0.05) is 25.8 Å². The molecule has 1 fully saturated rings. The number of nitro groups is 1. The highest BCUT2D eigenvalue weighted by atomic mass is 16.6. The van der Waals surface area contributed by atoms with Crippen LogP contribution >= 0.6 is 0 Å². The number of non-ortho nitro benzene ring substituents is 1. The van der Waals surface area contributed by atoms with Crippen LogP contribution in [0.5, 0.6) is 0 Å². The molecule has 3 rings (SSSR count). The number of benzene rings is 1. The van der Waals surface area contributed by atoms with Crippen LogP contribution in [0, 0.1) is 16.0 Å². The molecule has 1 unspecified atom stereocenters. The average Bonchev–Trinajstić information content (AvgIpc) is 3.06. The van der Waals surface area contributed by atoms with Gasteiger partial charge >= 0.3 is 0 Å². The number of fused-ring (bicyclic) bond motifs is 1. The molecule has 2 aromatic rings. The molecular weight excluding hydrogens is 262 g/mol. The lowest BCUT2D eigenvalue weighted by Gasteiger charge is -2.06. The predicted molar refractivity (Wildman–Crippen MR) is 72.7 cm³/mol. The fourth-order valence-corrected chi connectivity index (χ4v) is 2.35. The summed E-state index contributed by atoms with van der Waals surface area (Å²) in [5.41, 5.74) is 0.665. The van der Waals surface area contributed by atoms with Crippen molar-refractivity contribution in [2.24, 2.45) is 5.92 Å². The molecule has 1 aliphatic rings. The number of para-hydroxylation sites is 1. The van der Waals surface area contributed by atoms with Gasteiger partial charge in [-0.1, -0.05) is 6.07 Å². The SMILES string of the molecule is O=[N+]([O-])c1cccc2oc(NCCC3CCOC3)nc12. The number of rotatable bonds is 5. The van der Waals surface area contributed by atoms with Crippen molar-refractivity contribution in [2.45, 2.75) is 12.8 Å². The molecule has 1 saturated heterocycles. The van der Waals surface area contributed by atoms with Gasteiger partial charge in [-0.3, -0.25) is 10.1 Å². The molecule has 1 atom stereocenters. The van der Waals surface area contributed by atoms with Gasteiger partial charge in [0.2, 0.25) is 0 Å². The van der Waals surface area contributed by atoms with Crippen LogP contribution in [-0.2, 0) is 4.74 Å². The molecule has 1 aliphatic heterocycles. The maximum Gasteiger partial charge on any atom is 0.298 e. The van der Waals surface area contributed by atoms with Crippen LogP contribution in [0.1, 0.15) is 12.8 Å². The first-order valence-corrected chi connectivity index (χ1v) is 6.59. The minimum Gasteiger partial charge on any atom is -0.423 e. The summed E-state index contributed by atoms with van der Waals surface area (Å²) in [6.07, 6.45) is 2.06. The van der Waals surface area contributed by atoms with E-state index in [2.05, 4.69) is 10.3 Å². The molecule has 1 aromatic carbocycles. The van der Waals surface area contributed by atoms with Gasteiger partial charge in [-0.15, -0.1) is 0 Å². The number of hydrogen-bond acceptors (Lipinski definition) is 6. The number of nitro benzene ring substituents is 1. The molecule has 106 valence electrons. The summed E-state index contributed by atoms with van der Waals surface area (Å²) in [6.45, 7) is 2.36. The van der Waals surface area contributed by atoms with Crippen molar-refractivity contribution in [3.05, 3.63) is 28.3 Å². The van der Waals surface area contributed by atoms with E-state index in [9.17, 15) is 10.1 Å². The fraction of sp³-hybridized carbons (Fsp3) is 0.462. The van der Waals surface area contributed by atoms with E-state index in [0.29, 0.717) is 24.1 Å². The van der Waals surface area contributed by atoms with E-state index in [1.54, 1.807) is 12.1 Å². The van der Waals surface area contributed by atoms with E-state index in [-0.39, 0.29) is 11.2 Å². The van der Waals surface area contributed by atoms with Crippen molar-refractivity contribution in [1.29, 1.82) is 0 Å². The Morgan fingerprint density at radius 1 is 1.50 bits per heavy atom. The quantitative estimate of drug-likeness (QED) is 0.667. The topological polar surface area (TPSA) is 90.4 Å². The molecule has 0 saturated carbocycles. The van der Waals surface area contributed by atoms with E-state index in [0.717, 1.165) is 26.1 Å². The Kier molecular flexibility index (Phi) is 3.51. The van der Waals surface area contributed by atoms with Gasteiger partial charge in [-0.05, 0) is 24.8 Å². The van der Waals surface area contributed by atoms with Crippen molar-refractivity contribution in [2.75, 3.05) is 25.1 Å². The molecular formula is C13H15N3O4. The van der Waals surface area contributed by atoms with Crippen LogP contribution in [-0.4, -0.2) is 29.7 Å². The smallest absolute Gasteiger partial charge is 0.298 e. The van der Waals surface area contributed by atoms with Gasteiger partial charge in [-0.25, -0.2) is 0 Å². The van der Waals surface area contributed by atoms with Crippen LogP contribution in [0.15, 0.2) is 22.6 Å². The number of aromatic nitrogens is 1. The number of anilines is 1. The number of nitrogens with one attached hydrogen (secondary N) is 1. The van der Waals surface area contributed by atoms with Crippen molar-refractivity contribution < 1.29 is 14.1 Å². The first kappa shape index (κ1) is 12.9. The summed E-state index contributed by atoms with van der Waals surface area (Å²) < 4.78 is 10.8. The highest BCUT2D eigenvalue weighted by molar-refractivity contribution is 5.83. The Balaban J connectivity index is 1.69. The van der Waals surface area contributed by atoms with Crippen LogP contribution in [0.4, 0.5) is 11.7 Å². The number of oxazole rings is 1. The lowest BCUT2D eigenvalue weighted by Crippen LogP contribution is -2.09. The largest absolute Gasteiger partial charge is 0.423 e. The van der Waals surface area contributed by atoms with Gasteiger partial charge in [0.05, 0.1) is 4.92 Å². The Morgan fingerprint density at radius 2 is 2.40 bits per heavy atom. The third kappa shape index (κ3) is 2.57. The van der Waals surface area contributed by atoms with Crippen molar-refractivity contribution >= 4 is 22.8 Å². The summed E-state index contributed by atoms with van der Waals surface area (Å²) in [4.78, 5) is 14.6. The molecule has 1 aromatic heterocycles. The third-order valence-corrected chi connectivity index (χ3v) is 3.45. The van der Waals surface area contributed by atoms with Crippen molar-refractivity contribution in [3.8, 4) is 0 Å². The van der Waals surface area contributed by atoms with Gasteiger partial charge in [0.25, 0.3) is 11.7 Å². The lowest BCUT2D eigenvalue weighted by atomic mass is 10.1. The van der Waals surface area contributed by atoms with Gasteiger partial charge < -0.3 is 14.5 Å². The summed E-state index contributed by atoms with van der Waals surface area (Å²) in [5, 5.41) is 14.0. The Morgan fingerprint density at radius 3 is 3.15 bits per heavy atom. The first-order valence-electron chi connectivity index (χ1n) is 6.59. The highest BCUT2D eigenvalue weighted by Crippen LogP contribution is 2.27. The Labute approximate surface area is 115 Å². The van der Waals surface area contributed by atoms with E-state index in [1.807, 2.05) is 0 Å². The fourth-order valence-electron chi connectivity index (χ4n) is 2.35. The number of ether oxygens (including phenoxy) is 1. The Hall–Kier alpha value is -2.15. The average molecular weight is 277 g/mol. The zero-order valence-electron chi connectivity index (χ0n) is 10.9. The summed E-state index contributed by atoms with van der Waals surface area (Å²) in [7, 11) is 0. The molecule has 2 heterocycles. The summed E-state index contributed by atoms with van der Waals surface area (Å²) in [6, 6.07) is 5.01. The molecule has 0 amide bonds. The van der Waals surface area contributed by atoms with Crippen LogP contribution in [0.3, 0.4) is 0 Å². The maximum atomic E-state index is 10.9. The molecule has 0 aliphatic carbocycles. The maximum absolute atomic E-state index is 10.9. The zero-order valence-corrected chi connectivity index (χ0v) is 10.9. The highest BCUT2D eigenvalue weighted by Gasteiger charge is 2.18. The first-order chi connectivity index (χ1) is 9.74. The van der Waals surface area contributed by atoms with Crippen molar-refractivity contribution in [1.82, 2.24) is 4.98 Å². The number of hydrogen-bond donors (Lipinski definition) is 1. The van der Waals surface area contributed by atoms with E-state index in [1.165, 1.54) is 6.07 Å². The Bertz CT molecular complexity index is 619. The molecule has 7 nitrogen and oxygen atoms in total. The van der Waals surface area contributed by atoms with Crippen molar-refractivity contribution in [3.63, 3.8) is 0 Å². The molecule has 1 N–H and O–H groups in total. The van der Waals surface area contributed by atoms with Gasteiger partial charge in [0.15, 0.2) is 11.1 Å². The minimum absolute atomic E-state index is 0.0384. The number of nitrogens with zero attached hydrogens (tertiary/aromatic N) is 2. The molecule has 0 spiro atoms. The molecule has 20 heavy (non-hydrogen) atoms. The normalized spacial score (nSPS) is 18.5. The zero-order chi connectivity index (χ0) is 13.9. The van der Waals surface area contributed by atoms with Gasteiger partial charge in [-0.2, -0.15) is 4.98 Å².